The second-order valence-corrected chi connectivity index (χ2v) is 7.50. The molecule has 1 atom stereocenters. The van der Waals surface area contributed by atoms with Crippen LogP contribution < -0.4 is 10.1 Å². The van der Waals surface area contributed by atoms with Crippen LogP contribution in [0.25, 0.3) is 0 Å². The molecule has 0 bridgehead atoms. The molecule has 1 aromatic carbocycles. The first-order valence-electron chi connectivity index (χ1n) is 9.98. The Kier molecular flexibility index (Phi) is 8.86. The lowest BCUT2D eigenvalue weighted by Crippen LogP contribution is -2.13. The number of unbranched alkanes of at least 4 members (excludes halogenated alkanes) is 1. The molecule has 0 saturated carbocycles. The van der Waals surface area contributed by atoms with Gasteiger partial charge in [0.15, 0.2) is 0 Å². The van der Waals surface area contributed by atoms with E-state index in [0.29, 0.717) is 24.0 Å². The molecule has 1 unspecified atom stereocenters. The minimum Gasteiger partial charge on any atom is -0.491 e. The largest absolute Gasteiger partial charge is 0.491 e. The van der Waals surface area contributed by atoms with Crippen molar-refractivity contribution in [2.75, 3.05) is 18.5 Å². The summed E-state index contributed by atoms with van der Waals surface area (Å²) >= 11 is 6.19. The number of nitrogens with one attached hydrogen (secondary N) is 1. The average Bonchev–Trinajstić information content (AvgIpc) is 2.66. The molecule has 27 heavy (non-hydrogen) atoms. The molecule has 1 aromatic heterocycles. The molecule has 0 amide bonds. The molecule has 0 saturated heterocycles. The van der Waals surface area contributed by atoms with Gasteiger partial charge in [-0.2, -0.15) is 0 Å². The first-order chi connectivity index (χ1) is 13.0. The predicted molar refractivity (Wildman–Crippen MR) is 114 cm³/mol. The van der Waals surface area contributed by atoms with Crippen LogP contribution in [0.2, 0.25) is 5.02 Å². The van der Waals surface area contributed by atoms with Crippen molar-refractivity contribution >= 4 is 17.4 Å². The normalized spacial score (nSPS) is 12.0. The molecule has 2 aromatic rings. The Morgan fingerprint density at radius 3 is 2.70 bits per heavy atom. The molecule has 5 heteroatoms. The third kappa shape index (κ3) is 6.69. The number of benzene rings is 1. The molecule has 0 aliphatic rings. The van der Waals surface area contributed by atoms with Gasteiger partial charge in [-0.1, -0.05) is 63.3 Å². The summed E-state index contributed by atoms with van der Waals surface area (Å²) in [6.45, 7) is 9.71. The molecule has 0 radical (unpaired) electrons. The highest BCUT2D eigenvalue weighted by Crippen LogP contribution is 2.24. The van der Waals surface area contributed by atoms with Crippen molar-refractivity contribution in [2.24, 2.45) is 5.92 Å². The molecule has 0 aliphatic carbocycles. The van der Waals surface area contributed by atoms with Crippen molar-refractivity contribution in [3.63, 3.8) is 0 Å². The number of ether oxygens (including phenoxy) is 1. The van der Waals surface area contributed by atoms with E-state index < -0.39 is 0 Å². The van der Waals surface area contributed by atoms with Gasteiger partial charge in [-0.15, -0.1) is 0 Å². The van der Waals surface area contributed by atoms with Crippen LogP contribution in [0.3, 0.4) is 0 Å². The van der Waals surface area contributed by atoms with Gasteiger partial charge in [0.2, 0.25) is 0 Å². The Balaban J connectivity index is 1.84. The molecule has 148 valence electrons. The minimum absolute atomic E-state index is 0.549. The van der Waals surface area contributed by atoms with Gasteiger partial charge in [0.1, 0.15) is 29.5 Å². The Morgan fingerprint density at radius 2 is 2.00 bits per heavy atom. The van der Waals surface area contributed by atoms with Gasteiger partial charge in [0.05, 0.1) is 12.2 Å². The molecule has 1 N–H and O–H groups in total. The summed E-state index contributed by atoms with van der Waals surface area (Å²) in [5.41, 5.74) is 3.36. The fraction of sp³-hybridized carbons (Fsp3) is 0.545. The van der Waals surface area contributed by atoms with Gasteiger partial charge in [0.25, 0.3) is 0 Å². The van der Waals surface area contributed by atoms with Crippen LogP contribution in [-0.2, 0) is 6.42 Å². The SMILES string of the molecule is CCCCC(CC)Cc1ccc(OCCNc2ncnc(C)c2Cl)c(C)c1. The summed E-state index contributed by atoms with van der Waals surface area (Å²) < 4.78 is 5.93. The number of aryl methyl sites for hydroxylation is 2. The summed E-state index contributed by atoms with van der Waals surface area (Å²) in [6.07, 6.45) is 7.83. The van der Waals surface area contributed by atoms with Gasteiger partial charge in [-0.25, -0.2) is 9.97 Å². The number of aromatic nitrogens is 2. The van der Waals surface area contributed by atoms with E-state index in [0.717, 1.165) is 23.8 Å². The molecule has 1 heterocycles. The number of anilines is 1. The molecule has 4 nitrogen and oxygen atoms in total. The van der Waals surface area contributed by atoms with E-state index in [2.05, 4.69) is 54.3 Å². The fourth-order valence-corrected chi connectivity index (χ4v) is 3.35. The number of hydrogen-bond donors (Lipinski definition) is 1. The van der Waals surface area contributed by atoms with E-state index in [4.69, 9.17) is 16.3 Å². The maximum atomic E-state index is 6.19. The van der Waals surface area contributed by atoms with Gasteiger partial charge >= 0.3 is 0 Å². The van der Waals surface area contributed by atoms with Crippen molar-refractivity contribution in [3.8, 4) is 5.75 Å². The first kappa shape index (κ1) is 21.5. The zero-order valence-corrected chi connectivity index (χ0v) is 17.8. The van der Waals surface area contributed by atoms with Crippen molar-refractivity contribution in [3.05, 3.63) is 46.4 Å². The number of halogens is 1. The summed E-state index contributed by atoms with van der Waals surface area (Å²) in [4.78, 5) is 8.22. The lowest BCUT2D eigenvalue weighted by molar-refractivity contribution is 0.330. The molecule has 0 aliphatic heterocycles. The Bertz CT molecular complexity index is 721. The highest BCUT2D eigenvalue weighted by atomic mass is 35.5. The quantitative estimate of drug-likeness (QED) is 0.479. The number of hydrogen-bond acceptors (Lipinski definition) is 4. The van der Waals surface area contributed by atoms with Crippen molar-refractivity contribution < 1.29 is 4.74 Å². The summed E-state index contributed by atoms with van der Waals surface area (Å²) in [5.74, 6) is 2.37. The second kappa shape index (κ2) is 11.1. The Morgan fingerprint density at radius 1 is 1.19 bits per heavy atom. The van der Waals surface area contributed by atoms with Gasteiger partial charge < -0.3 is 10.1 Å². The minimum atomic E-state index is 0.549. The van der Waals surface area contributed by atoms with Gasteiger partial charge in [0, 0.05) is 0 Å². The monoisotopic (exact) mass is 389 g/mol. The first-order valence-corrected chi connectivity index (χ1v) is 10.4. The van der Waals surface area contributed by atoms with E-state index in [-0.39, 0.29) is 0 Å². The number of rotatable bonds is 11. The molecular formula is C22H32ClN3O. The van der Waals surface area contributed by atoms with Crippen LogP contribution in [0.1, 0.15) is 56.4 Å². The highest BCUT2D eigenvalue weighted by molar-refractivity contribution is 6.33. The van der Waals surface area contributed by atoms with E-state index in [1.165, 1.54) is 43.1 Å². The zero-order valence-electron chi connectivity index (χ0n) is 17.0. The molecule has 0 fully saturated rings. The van der Waals surface area contributed by atoms with Crippen LogP contribution in [-0.4, -0.2) is 23.1 Å². The lowest BCUT2D eigenvalue weighted by atomic mass is 9.91. The predicted octanol–water partition coefficient (Wildman–Crippen LogP) is 6.00. The van der Waals surface area contributed by atoms with Crippen LogP contribution in [0, 0.1) is 19.8 Å². The molecule has 2 rings (SSSR count). The van der Waals surface area contributed by atoms with Crippen LogP contribution >= 0.6 is 11.6 Å². The smallest absolute Gasteiger partial charge is 0.148 e. The standard InChI is InChI=1S/C22H32ClN3O/c1-5-7-8-18(6-2)14-19-9-10-20(16(3)13-19)27-12-11-24-22-21(23)17(4)25-15-26-22/h9-10,13,15,18H,5-8,11-12,14H2,1-4H3,(H,24,25,26). The fourth-order valence-electron chi connectivity index (χ4n) is 3.19. The van der Waals surface area contributed by atoms with Gasteiger partial charge in [-0.05, 0) is 43.4 Å². The van der Waals surface area contributed by atoms with E-state index >= 15 is 0 Å². The van der Waals surface area contributed by atoms with E-state index in [1.54, 1.807) is 0 Å². The summed E-state index contributed by atoms with van der Waals surface area (Å²) in [7, 11) is 0. The highest BCUT2D eigenvalue weighted by Gasteiger charge is 2.09. The lowest BCUT2D eigenvalue weighted by Gasteiger charge is -2.16. The summed E-state index contributed by atoms with van der Waals surface area (Å²) in [6, 6.07) is 6.57. The second-order valence-electron chi connectivity index (χ2n) is 7.12. The van der Waals surface area contributed by atoms with Crippen LogP contribution in [0.5, 0.6) is 5.75 Å². The van der Waals surface area contributed by atoms with E-state index in [9.17, 15) is 0 Å². The van der Waals surface area contributed by atoms with Crippen molar-refractivity contribution in [1.82, 2.24) is 9.97 Å². The Labute approximate surface area is 168 Å². The topological polar surface area (TPSA) is 47.0 Å². The summed E-state index contributed by atoms with van der Waals surface area (Å²) in [5, 5.41) is 3.76. The maximum Gasteiger partial charge on any atom is 0.148 e. The number of nitrogens with zero attached hydrogens (tertiary/aromatic N) is 2. The van der Waals surface area contributed by atoms with Gasteiger partial charge in [-0.3, -0.25) is 0 Å². The molecule has 0 spiro atoms. The zero-order chi connectivity index (χ0) is 19.6. The van der Waals surface area contributed by atoms with Crippen LogP contribution in [0.4, 0.5) is 5.82 Å². The average molecular weight is 390 g/mol. The van der Waals surface area contributed by atoms with Crippen LogP contribution in [0.15, 0.2) is 24.5 Å². The maximum absolute atomic E-state index is 6.19. The third-order valence-electron chi connectivity index (χ3n) is 4.92. The van der Waals surface area contributed by atoms with Crippen molar-refractivity contribution in [2.45, 2.75) is 59.8 Å². The Hall–Kier alpha value is -1.81. The van der Waals surface area contributed by atoms with E-state index in [1.807, 2.05) is 6.92 Å². The third-order valence-corrected chi connectivity index (χ3v) is 5.38. The van der Waals surface area contributed by atoms with Crippen molar-refractivity contribution in [1.29, 1.82) is 0 Å². The molecular weight excluding hydrogens is 358 g/mol.